The lowest BCUT2D eigenvalue weighted by molar-refractivity contribution is -0.121. The van der Waals surface area contributed by atoms with Gasteiger partial charge in [-0.1, -0.05) is 12.1 Å². The lowest BCUT2D eigenvalue weighted by atomic mass is 10.1. The maximum absolute atomic E-state index is 11.7. The lowest BCUT2D eigenvalue weighted by Gasteiger charge is -2.18. The van der Waals surface area contributed by atoms with Gasteiger partial charge in [-0.3, -0.25) is 4.79 Å². The molecule has 0 bridgehead atoms. The third kappa shape index (κ3) is 3.86. The molecule has 0 aliphatic carbocycles. The molecule has 5 nitrogen and oxygen atoms in total. The summed E-state index contributed by atoms with van der Waals surface area (Å²) < 4.78 is 10.7. The molecule has 0 aromatic heterocycles. The number of para-hydroxylation sites is 1. The SMILES string of the molecule is CC(C)(N)CNC(=O)CCc1cccc2c1OCO2. The van der Waals surface area contributed by atoms with E-state index in [2.05, 4.69) is 5.32 Å². The first-order chi connectivity index (χ1) is 8.96. The Hall–Kier alpha value is -1.75. The van der Waals surface area contributed by atoms with Crippen molar-refractivity contribution in [2.75, 3.05) is 13.3 Å². The van der Waals surface area contributed by atoms with Crippen LogP contribution in [0, 0.1) is 0 Å². The molecule has 0 radical (unpaired) electrons. The zero-order valence-corrected chi connectivity index (χ0v) is 11.4. The number of hydrogen-bond donors (Lipinski definition) is 2. The van der Waals surface area contributed by atoms with E-state index in [0.29, 0.717) is 19.4 Å². The van der Waals surface area contributed by atoms with Gasteiger partial charge in [0.25, 0.3) is 0 Å². The fourth-order valence-corrected chi connectivity index (χ4v) is 1.85. The third-order valence-corrected chi connectivity index (χ3v) is 2.84. The van der Waals surface area contributed by atoms with Crippen molar-refractivity contribution in [3.63, 3.8) is 0 Å². The molecule has 1 aromatic rings. The molecule has 3 N–H and O–H groups in total. The van der Waals surface area contributed by atoms with Crippen LogP contribution in [0.3, 0.4) is 0 Å². The molecule has 1 aliphatic heterocycles. The van der Waals surface area contributed by atoms with Crippen LogP contribution in [0.5, 0.6) is 11.5 Å². The van der Waals surface area contributed by atoms with Gasteiger partial charge in [-0.05, 0) is 31.9 Å². The topological polar surface area (TPSA) is 73.6 Å². The van der Waals surface area contributed by atoms with E-state index < -0.39 is 0 Å². The number of rotatable bonds is 5. The molecule has 0 spiro atoms. The van der Waals surface area contributed by atoms with Crippen LogP contribution in [-0.4, -0.2) is 24.8 Å². The van der Waals surface area contributed by atoms with Crippen LogP contribution in [0.4, 0.5) is 0 Å². The minimum absolute atomic E-state index is 0.00459. The quantitative estimate of drug-likeness (QED) is 0.838. The number of carbonyl (C=O) groups is 1. The van der Waals surface area contributed by atoms with Crippen molar-refractivity contribution in [3.05, 3.63) is 23.8 Å². The molecule has 0 unspecified atom stereocenters. The largest absolute Gasteiger partial charge is 0.454 e. The molecule has 1 amide bonds. The number of aryl methyl sites for hydroxylation is 1. The molecule has 104 valence electrons. The van der Waals surface area contributed by atoms with Crippen LogP contribution in [0.2, 0.25) is 0 Å². The standard InChI is InChI=1S/C14H20N2O3/c1-14(2,15)8-16-12(17)7-6-10-4-3-5-11-13(10)19-9-18-11/h3-5H,6-9,15H2,1-2H3,(H,16,17). The minimum Gasteiger partial charge on any atom is -0.454 e. The van der Waals surface area contributed by atoms with Gasteiger partial charge < -0.3 is 20.5 Å². The predicted octanol–water partition coefficient (Wildman–Crippen LogP) is 1.20. The van der Waals surface area contributed by atoms with Crippen molar-refractivity contribution < 1.29 is 14.3 Å². The first-order valence-electron chi connectivity index (χ1n) is 6.39. The summed E-state index contributed by atoms with van der Waals surface area (Å²) in [5.74, 6) is 1.51. The third-order valence-electron chi connectivity index (χ3n) is 2.84. The number of nitrogens with two attached hydrogens (primary N) is 1. The molecular weight excluding hydrogens is 244 g/mol. The van der Waals surface area contributed by atoms with Crippen molar-refractivity contribution in [2.24, 2.45) is 5.73 Å². The highest BCUT2D eigenvalue weighted by Gasteiger charge is 2.18. The molecule has 0 fully saturated rings. The van der Waals surface area contributed by atoms with Crippen molar-refractivity contribution in [1.29, 1.82) is 0 Å². The summed E-state index contributed by atoms with van der Waals surface area (Å²) in [5.41, 5.74) is 6.42. The normalized spacial score (nSPS) is 13.4. The summed E-state index contributed by atoms with van der Waals surface area (Å²) in [5, 5.41) is 2.82. The van der Waals surface area contributed by atoms with Gasteiger partial charge in [-0.15, -0.1) is 0 Å². The van der Waals surface area contributed by atoms with Gasteiger partial charge in [0.05, 0.1) is 0 Å². The van der Waals surface area contributed by atoms with E-state index in [1.807, 2.05) is 32.0 Å². The maximum atomic E-state index is 11.7. The highest BCUT2D eigenvalue weighted by atomic mass is 16.7. The summed E-state index contributed by atoms with van der Waals surface area (Å²) in [4.78, 5) is 11.7. The van der Waals surface area contributed by atoms with Gasteiger partial charge in [0, 0.05) is 18.5 Å². The molecule has 2 rings (SSSR count). The zero-order chi connectivity index (χ0) is 13.9. The van der Waals surface area contributed by atoms with Crippen molar-refractivity contribution >= 4 is 5.91 Å². The van der Waals surface area contributed by atoms with Gasteiger partial charge in [-0.2, -0.15) is 0 Å². The van der Waals surface area contributed by atoms with Gasteiger partial charge in [0.1, 0.15) is 0 Å². The zero-order valence-electron chi connectivity index (χ0n) is 11.4. The molecule has 1 aliphatic rings. The van der Waals surface area contributed by atoms with Gasteiger partial charge in [0.2, 0.25) is 12.7 Å². The van der Waals surface area contributed by atoms with E-state index in [1.54, 1.807) is 0 Å². The van der Waals surface area contributed by atoms with Crippen LogP contribution in [0.15, 0.2) is 18.2 Å². The molecule has 0 saturated heterocycles. The Morgan fingerprint density at radius 3 is 2.95 bits per heavy atom. The van der Waals surface area contributed by atoms with Gasteiger partial charge in [0.15, 0.2) is 11.5 Å². The Morgan fingerprint density at radius 2 is 2.21 bits per heavy atom. The van der Waals surface area contributed by atoms with E-state index in [9.17, 15) is 4.79 Å². The van der Waals surface area contributed by atoms with E-state index in [-0.39, 0.29) is 18.2 Å². The highest BCUT2D eigenvalue weighted by Crippen LogP contribution is 2.35. The Balaban J connectivity index is 1.86. The number of nitrogens with one attached hydrogen (secondary N) is 1. The number of benzene rings is 1. The Kier molecular flexibility index (Phi) is 3.95. The smallest absolute Gasteiger partial charge is 0.231 e. The molecule has 0 saturated carbocycles. The molecular formula is C14H20N2O3. The van der Waals surface area contributed by atoms with E-state index in [0.717, 1.165) is 17.1 Å². The molecule has 0 atom stereocenters. The van der Waals surface area contributed by atoms with Crippen molar-refractivity contribution in [2.45, 2.75) is 32.2 Å². The van der Waals surface area contributed by atoms with E-state index in [1.165, 1.54) is 0 Å². The fourth-order valence-electron chi connectivity index (χ4n) is 1.85. The monoisotopic (exact) mass is 264 g/mol. The fraction of sp³-hybridized carbons (Fsp3) is 0.500. The lowest BCUT2D eigenvalue weighted by Crippen LogP contribution is -2.45. The Bertz CT molecular complexity index is 466. The van der Waals surface area contributed by atoms with Gasteiger partial charge in [-0.25, -0.2) is 0 Å². The number of hydrogen-bond acceptors (Lipinski definition) is 4. The van der Waals surface area contributed by atoms with Crippen LogP contribution in [-0.2, 0) is 11.2 Å². The maximum Gasteiger partial charge on any atom is 0.231 e. The Labute approximate surface area is 113 Å². The molecule has 5 heteroatoms. The second-order valence-corrected chi connectivity index (χ2v) is 5.42. The second-order valence-electron chi connectivity index (χ2n) is 5.42. The summed E-state index contributed by atoms with van der Waals surface area (Å²) in [7, 11) is 0. The first kappa shape index (κ1) is 13.7. The number of amides is 1. The van der Waals surface area contributed by atoms with Crippen LogP contribution in [0.25, 0.3) is 0 Å². The van der Waals surface area contributed by atoms with E-state index >= 15 is 0 Å². The first-order valence-corrected chi connectivity index (χ1v) is 6.39. The average molecular weight is 264 g/mol. The molecule has 19 heavy (non-hydrogen) atoms. The highest BCUT2D eigenvalue weighted by molar-refractivity contribution is 5.76. The number of carbonyl (C=O) groups excluding carboxylic acids is 1. The van der Waals surface area contributed by atoms with Gasteiger partial charge >= 0.3 is 0 Å². The van der Waals surface area contributed by atoms with Crippen LogP contribution < -0.4 is 20.5 Å². The molecule has 1 heterocycles. The van der Waals surface area contributed by atoms with Crippen LogP contribution >= 0.6 is 0 Å². The molecule has 1 aromatic carbocycles. The predicted molar refractivity (Wildman–Crippen MR) is 72.2 cm³/mol. The summed E-state index contributed by atoms with van der Waals surface area (Å²) in [6.07, 6.45) is 1.04. The summed E-state index contributed by atoms with van der Waals surface area (Å²) in [6.45, 7) is 4.48. The number of ether oxygens (including phenoxy) is 2. The Morgan fingerprint density at radius 1 is 1.42 bits per heavy atom. The summed E-state index contributed by atoms with van der Waals surface area (Å²) in [6, 6.07) is 5.72. The van der Waals surface area contributed by atoms with E-state index in [4.69, 9.17) is 15.2 Å². The van der Waals surface area contributed by atoms with Crippen LogP contribution in [0.1, 0.15) is 25.8 Å². The second kappa shape index (κ2) is 5.48. The summed E-state index contributed by atoms with van der Waals surface area (Å²) >= 11 is 0. The average Bonchev–Trinajstić information content (AvgIpc) is 2.81. The minimum atomic E-state index is -0.388. The van der Waals surface area contributed by atoms with Crippen molar-refractivity contribution in [3.8, 4) is 11.5 Å². The number of fused-ring (bicyclic) bond motifs is 1. The van der Waals surface area contributed by atoms with Crippen molar-refractivity contribution in [1.82, 2.24) is 5.32 Å².